The van der Waals surface area contributed by atoms with Crippen molar-refractivity contribution in [3.8, 4) is 0 Å². The second kappa shape index (κ2) is 5.27. The van der Waals surface area contributed by atoms with E-state index in [4.69, 9.17) is 0 Å². The third kappa shape index (κ3) is 3.83. The van der Waals surface area contributed by atoms with Crippen LogP contribution in [0.15, 0.2) is 0 Å². The number of carbonyl (C=O) groups is 1. The van der Waals surface area contributed by atoms with Crippen LogP contribution in [0.25, 0.3) is 0 Å². The lowest BCUT2D eigenvalue weighted by Crippen LogP contribution is -2.45. The fraction of sp³-hybridized carbons (Fsp3) is 0.889. The zero-order valence-corrected chi connectivity index (χ0v) is 8.29. The Balaban J connectivity index is 4.05. The molecule has 0 aliphatic carbocycles. The Kier molecular flexibility index (Phi) is 5.09. The molecule has 0 aromatic heterocycles. The van der Waals surface area contributed by atoms with Crippen molar-refractivity contribution in [3.05, 3.63) is 0 Å². The van der Waals surface area contributed by atoms with Gasteiger partial charge in [0, 0.05) is 0 Å². The maximum atomic E-state index is 11.1. The van der Waals surface area contributed by atoms with Crippen LogP contribution in [0.4, 0.5) is 0 Å². The highest BCUT2D eigenvalue weighted by molar-refractivity contribution is 5.81. The van der Waals surface area contributed by atoms with Gasteiger partial charge in [0.15, 0.2) is 0 Å². The van der Waals surface area contributed by atoms with Gasteiger partial charge in [0.1, 0.15) is 12.0 Å². The average molecular weight is 173 g/mol. The quantitative estimate of drug-likeness (QED) is 0.608. The van der Waals surface area contributed by atoms with Gasteiger partial charge < -0.3 is 5.11 Å². The van der Waals surface area contributed by atoms with E-state index in [9.17, 15) is 9.90 Å². The Hall–Kier alpha value is -0.410. The number of hydrogen-bond donors (Lipinski definition) is 2. The van der Waals surface area contributed by atoms with Gasteiger partial charge in [-0.3, -0.25) is 10.1 Å². The molecule has 0 unspecified atom stereocenters. The Morgan fingerprint density at radius 3 is 2.25 bits per heavy atom. The van der Waals surface area contributed by atoms with E-state index >= 15 is 0 Å². The van der Waals surface area contributed by atoms with Gasteiger partial charge in [-0.05, 0) is 19.3 Å². The molecule has 2 N–H and O–H groups in total. The highest BCUT2D eigenvalue weighted by Crippen LogP contribution is 2.04. The topological polar surface area (TPSA) is 49.3 Å². The smallest absolute Gasteiger partial charge is 0.147 e. The molecule has 0 fully saturated rings. The number of ketones is 1. The summed E-state index contributed by atoms with van der Waals surface area (Å²) in [5, 5.41) is 12.1. The number of rotatable bonds is 5. The molecule has 0 aromatic carbocycles. The molecular formula is C9H19NO2. The number of aliphatic hydroxyl groups excluding tert-OH is 1. The van der Waals surface area contributed by atoms with E-state index in [1.807, 2.05) is 20.8 Å². The van der Waals surface area contributed by atoms with Crippen LogP contribution >= 0.6 is 0 Å². The molecule has 0 aromatic rings. The minimum absolute atomic E-state index is 0.0810. The zero-order chi connectivity index (χ0) is 9.72. The molecular weight excluding hydrogens is 154 g/mol. The van der Waals surface area contributed by atoms with Crippen LogP contribution < -0.4 is 5.32 Å². The molecule has 0 amide bonds. The second-order valence-electron chi connectivity index (χ2n) is 3.42. The van der Waals surface area contributed by atoms with Crippen molar-refractivity contribution < 1.29 is 9.90 Å². The molecule has 0 bridgehead atoms. The molecule has 72 valence electrons. The van der Waals surface area contributed by atoms with E-state index in [1.54, 1.807) is 6.92 Å². The largest absolute Gasteiger partial charge is 0.379 e. The summed E-state index contributed by atoms with van der Waals surface area (Å²) in [4.78, 5) is 11.1. The first-order valence-electron chi connectivity index (χ1n) is 4.43. The predicted octanol–water partition coefficient (Wildman–Crippen LogP) is 0.918. The Morgan fingerprint density at radius 1 is 1.50 bits per heavy atom. The lowest BCUT2D eigenvalue weighted by atomic mass is 10.0. The highest BCUT2D eigenvalue weighted by atomic mass is 16.3. The second-order valence-corrected chi connectivity index (χ2v) is 3.42. The molecule has 2 atom stereocenters. The Labute approximate surface area is 74.2 Å². The maximum absolute atomic E-state index is 11.1. The van der Waals surface area contributed by atoms with E-state index in [1.165, 1.54) is 0 Å². The first-order chi connectivity index (χ1) is 5.49. The van der Waals surface area contributed by atoms with Crippen molar-refractivity contribution in [3.63, 3.8) is 0 Å². The summed E-state index contributed by atoms with van der Waals surface area (Å²) in [6.07, 6.45) is 0.0533. The lowest BCUT2D eigenvalue weighted by Gasteiger charge is -2.22. The van der Waals surface area contributed by atoms with Crippen LogP contribution in [-0.4, -0.2) is 23.2 Å². The Morgan fingerprint density at radius 2 is 2.00 bits per heavy atom. The lowest BCUT2D eigenvalue weighted by molar-refractivity contribution is -0.121. The molecule has 12 heavy (non-hydrogen) atoms. The zero-order valence-electron chi connectivity index (χ0n) is 8.29. The van der Waals surface area contributed by atoms with Crippen LogP contribution in [0.3, 0.4) is 0 Å². The van der Waals surface area contributed by atoms with Gasteiger partial charge in [0.25, 0.3) is 0 Å². The fourth-order valence-electron chi connectivity index (χ4n) is 1.10. The van der Waals surface area contributed by atoms with E-state index in [-0.39, 0.29) is 17.7 Å². The van der Waals surface area contributed by atoms with Crippen LogP contribution in [0.1, 0.15) is 34.1 Å². The van der Waals surface area contributed by atoms with Crippen LogP contribution in [0.2, 0.25) is 0 Å². The SMILES string of the molecule is CC[C@H](O)N[C@H](C(C)=O)C(C)C. The number of carbonyl (C=O) groups excluding carboxylic acids is 1. The molecule has 3 nitrogen and oxygen atoms in total. The van der Waals surface area contributed by atoms with E-state index in [2.05, 4.69) is 5.32 Å². The molecule has 0 saturated carbocycles. The van der Waals surface area contributed by atoms with Crippen molar-refractivity contribution in [2.45, 2.75) is 46.4 Å². The fourth-order valence-corrected chi connectivity index (χ4v) is 1.10. The average Bonchev–Trinajstić information content (AvgIpc) is 1.98. The maximum Gasteiger partial charge on any atom is 0.147 e. The van der Waals surface area contributed by atoms with Crippen LogP contribution in [0, 0.1) is 5.92 Å². The van der Waals surface area contributed by atoms with Crippen molar-refractivity contribution in [1.82, 2.24) is 5.32 Å². The highest BCUT2D eigenvalue weighted by Gasteiger charge is 2.19. The molecule has 0 heterocycles. The van der Waals surface area contributed by atoms with Gasteiger partial charge in [-0.2, -0.15) is 0 Å². The van der Waals surface area contributed by atoms with Crippen molar-refractivity contribution in [1.29, 1.82) is 0 Å². The van der Waals surface area contributed by atoms with E-state index in [0.717, 1.165) is 0 Å². The van der Waals surface area contributed by atoms with E-state index < -0.39 is 6.23 Å². The minimum Gasteiger partial charge on any atom is -0.379 e. The van der Waals surface area contributed by atoms with Crippen molar-refractivity contribution in [2.24, 2.45) is 5.92 Å². The summed E-state index contributed by atoms with van der Waals surface area (Å²) in [6.45, 7) is 7.33. The van der Waals surface area contributed by atoms with Gasteiger partial charge in [0.05, 0.1) is 6.04 Å². The van der Waals surface area contributed by atoms with Crippen LogP contribution in [0.5, 0.6) is 0 Å². The summed E-state index contributed by atoms with van der Waals surface area (Å²) in [5.41, 5.74) is 0. The predicted molar refractivity (Wildman–Crippen MR) is 48.7 cm³/mol. The normalized spacial score (nSPS) is 16.2. The summed E-state index contributed by atoms with van der Waals surface area (Å²) < 4.78 is 0. The number of nitrogens with one attached hydrogen (secondary N) is 1. The molecule has 0 spiro atoms. The third-order valence-electron chi connectivity index (χ3n) is 1.86. The monoisotopic (exact) mass is 173 g/mol. The number of Topliss-reactive ketones (excluding diaryl/α,β-unsaturated/α-hetero) is 1. The van der Waals surface area contributed by atoms with Gasteiger partial charge in [-0.25, -0.2) is 0 Å². The molecule has 0 aliphatic heterocycles. The number of aliphatic hydroxyl groups is 1. The molecule has 0 aliphatic rings. The van der Waals surface area contributed by atoms with Crippen molar-refractivity contribution in [2.75, 3.05) is 0 Å². The van der Waals surface area contributed by atoms with Crippen molar-refractivity contribution >= 4 is 5.78 Å². The van der Waals surface area contributed by atoms with Gasteiger partial charge in [0.2, 0.25) is 0 Å². The first kappa shape index (κ1) is 11.6. The minimum atomic E-state index is -0.568. The summed E-state index contributed by atoms with van der Waals surface area (Å²) in [7, 11) is 0. The molecule has 0 radical (unpaired) electrons. The van der Waals surface area contributed by atoms with Gasteiger partial charge in [-0.15, -0.1) is 0 Å². The third-order valence-corrected chi connectivity index (χ3v) is 1.86. The Bertz CT molecular complexity index is 145. The molecule has 0 saturated heterocycles. The van der Waals surface area contributed by atoms with Gasteiger partial charge in [-0.1, -0.05) is 20.8 Å². The first-order valence-corrected chi connectivity index (χ1v) is 4.43. The molecule has 3 heteroatoms. The van der Waals surface area contributed by atoms with Gasteiger partial charge >= 0.3 is 0 Å². The van der Waals surface area contributed by atoms with E-state index in [0.29, 0.717) is 6.42 Å². The summed E-state index contributed by atoms with van der Waals surface area (Å²) >= 11 is 0. The van der Waals surface area contributed by atoms with Crippen LogP contribution in [-0.2, 0) is 4.79 Å². The summed E-state index contributed by atoms with van der Waals surface area (Å²) in [5.74, 6) is 0.307. The standard InChI is InChI=1S/C9H19NO2/c1-5-8(12)10-9(6(2)3)7(4)11/h6,8-10,12H,5H2,1-4H3/t8-,9-/m0/s1. The summed E-state index contributed by atoms with van der Waals surface area (Å²) in [6, 6.07) is -0.222. The molecule has 0 rings (SSSR count). The number of hydrogen-bond acceptors (Lipinski definition) is 3.